The maximum Gasteiger partial charge on any atom is 0.331 e. The maximum absolute atomic E-state index is 11.3. The molecule has 0 saturated carbocycles. The Labute approximate surface area is 108 Å². The highest BCUT2D eigenvalue weighted by atomic mass is 79.9. The van der Waals surface area contributed by atoms with Crippen molar-refractivity contribution < 1.29 is 14.3 Å². The molecule has 17 heavy (non-hydrogen) atoms. The molecule has 0 fully saturated rings. The first-order chi connectivity index (χ1) is 8.00. The number of esters is 1. The third-order valence-electron chi connectivity index (χ3n) is 2.00. The minimum absolute atomic E-state index is 0.605. The van der Waals surface area contributed by atoms with Crippen LogP contribution in [-0.2, 0) is 14.3 Å². The van der Waals surface area contributed by atoms with Crippen LogP contribution in [0.5, 0.6) is 0 Å². The summed E-state index contributed by atoms with van der Waals surface area (Å²) in [5.74, 6) is -1.28. The molecule has 0 aliphatic rings. The van der Waals surface area contributed by atoms with Gasteiger partial charge in [0.25, 0.3) is 5.91 Å². The van der Waals surface area contributed by atoms with Crippen LogP contribution in [0.3, 0.4) is 0 Å². The van der Waals surface area contributed by atoms with E-state index in [2.05, 4.69) is 15.9 Å². The number of primary amides is 1. The molecule has 1 atom stereocenters. The highest BCUT2D eigenvalue weighted by Crippen LogP contribution is 2.17. The lowest BCUT2D eigenvalue weighted by Gasteiger charge is -2.06. The van der Waals surface area contributed by atoms with Gasteiger partial charge < -0.3 is 10.5 Å². The van der Waals surface area contributed by atoms with Gasteiger partial charge in [-0.3, -0.25) is 4.79 Å². The second kappa shape index (κ2) is 6.20. The predicted octanol–water partition coefficient (Wildman–Crippen LogP) is 1.88. The summed E-state index contributed by atoms with van der Waals surface area (Å²) < 4.78 is 5.63. The Balaban J connectivity index is 2.63. The number of halogens is 1. The number of ether oxygens (including phenoxy) is 1. The van der Waals surface area contributed by atoms with Crippen molar-refractivity contribution in [2.75, 3.05) is 0 Å². The van der Waals surface area contributed by atoms with Crippen LogP contribution in [0.15, 0.2) is 34.8 Å². The lowest BCUT2D eigenvalue weighted by Crippen LogP contribution is -2.29. The molecule has 2 N–H and O–H groups in total. The van der Waals surface area contributed by atoms with Crippen molar-refractivity contribution in [2.24, 2.45) is 5.73 Å². The van der Waals surface area contributed by atoms with E-state index in [4.69, 9.17) is 10.5 Å². The molecule has 90 valence electrons. The van der Waals surface area contributed by atoms with E-state index in [1.54, 1.807) is 6.08 Å². The van der Waals surface area contributed by atoms with Crippen molar-refractivity contribution in [1.29, 1.82) is 0 Å². The van der Waals surface area contributed by atoms with E-state index in [9.17, 15) is 9.59 Å². The molecule has 1 aromatic rings. The number of benzene rings is 1. The van der Waals surface area contributed by atoms with Crippen LogP contribution in [-0.4, -0.2) is 18.0 Å². The van der Waals surface area contributed by atoms with E-state index in [1.807, 2.05) is 24.3 Å². The van der Waals surface area contributed by atoms with Crippen molar-refractivity contribution >= 4 is 33.9 Å². The zero-order chi connectivity index (χ0) is 12.8. The summed E-state index contributed by atoms with van der Waals surface area (Å²) in [4.78, 5) is 22.0. The average molecular weight is 298 g/mol. The predicted molar refractivity (Wildman–Crippen MR) is 67.9 cm³/mol. The Kier molecular flexibility index (Phi) is 4.90. The van der Waals surface area contributed by atoms with Crippen LogP contribution < -0.4 is 5.73 Å². The molecule has 1 rings (SSSR count). The van der Waals surface area contributed by atoms with Gasteiger partial charge in [-0.25, -0.2) is 4.79 Å². The van der Waals surface area contributed by atoms with Crippen LogP contribution in [0.4, 0.5) is 0 Å². The summed E-state index contributed by atoms with van der Waals surface area (Å²) in [6.07, 6.45) is 1.92. The van der Waals surface area contributed by atoms with Gasteiger partial charge in [-0.2, -0.15) is 0 Å². The minimum Gasteiger partial charge on any atom is -0.449 e. The molecule has 0 heterocycles. The number of carbonyl (C=O) groups is 2. The van der Waals surface area contributed by atoms with Gasteiger partial charge in [-0.15, -0.1) is 0 Å². The van der Waals surface area contributed by atoms with Crippen LogP contribution in [0, 0.1) is 0 Å². The normalized spacial score (nSPS) is 12.4. The maximum atomic E-state index is 11.3. The molecule has 0 aromatic heterocycles. The van der Waals surface area contributed by atoms with Crippen molar-refractivity contribution in [1.82, 2.24) is 0 Å². The van der Waals surface area contributed by atoms with Gasteiger partial charge >= 0.3 is 5.97 Å². The van der Waals surface area contributed by atoms with Crippen molar-refractivity contribution in [2.45, 2.75) is 13.0 Å². The van der Waals surface area contributed by atoms with Gasteiger partial charge in [-0.05, 0) is 24.6 Å². The molecule has 1 aromatic carbocycles. The molecule has 0 unspecified atom stereocenters. The SMILES string of the molecule is C[C@H](OC(=O)/C=C/c1ccccc1Br)C(N)=O. The first kappa shape index (κ1) is 13.4. The zero-order valence-corrected chi connectivity index (χ0v) is 10.8. The Morgan fingerprint density at radius 3 is 2.65 bits per heavy atom. The Hall–Kier alpha value is -1.62. The molecule has 4 nitrogen and oxygen atoms in total. The number of nitrogens with two attached hydrogens (primary N) is 1. The third kappa shape index (κ3) is 4.40. The molecule has 0 saturated heterocycles. The highest BCUT2D eigenvalue weighted by molar-refractivity contribution is 9.10. The van der Waals surface area contributed by atoms with Gasteiger partial charge in [0, 0.05) is 10.5 Å². The number of amides is 1. The minimum atomic E-state index is -0.925. The smallest absolute Gasteiger partial charge is 0.331 e. The fourth-order valence-corrected chi connectivity index (χ4v) is 1.46. The lowest BCUT2D eigenvalue weighted by atomic mass is 10.2. The van der Waals surface area contributed by atoms with E-state index in [0.29, 0.717) is 0 Å². The second-order valence-electron chi connectivity index (χ2n) is 3.34. The van der Waals surface area contributed by atoms with E-state index in [0.717, 1.165) is 10.0 Å². The van der Waals surface area contributed by atoms with Crippen LogP contribution in [0.25, 0.3) is 6.08 Å². The number of rotatable bonds is 4. The largest absolute Gasteiger partial charge is 0.449 e. The summed E-state index contributed by atoms with van der Waals surface area (Å²) in [7, 11) is 0. The van der Waals surface area contributed by atoms with Crippen LogP contribution in [0.1, 0.15) is 12.5 Å². The molecule has 0 radical (unpaired) electrons. The first-order valence-electron chi connectivity index (χ1n) is 4.93. The quantitative estimate of drug-likeness (QED) is 0.681. The van der Waals surface area contributed by atoms with E-state index in [-0.39, 0.29) is 0 Å². The molecular formula is C12H12BrNO3. The van der Waals surface area contributed by atoms with E-state index in [1.165, 1.54) is 13.0 Å². The van der Waals surface area contributed by atoms with Crippen molar-refractivity contribution in [3.63, 3.8) is 0 Å². The molecular weight excluding hydrogens is 286 g/mol. The summed E-state index contributed by atoms with van der Waals surface area (Å²) >= 11 is 3.34. The number of carbonyl (C=O) groups excluding carboxylic acids is 2. The fourth-order valence-electron chi connectivity index (χ4n) is 1.04. The van der Waals surface area contributed by atoms with Crippen molar-refractivity contribution in [3.8, 4) is 0 Å². The average Bonchev–Trinajstić information content (AvgIpc) is 2.27. The highest BCUT2D eigenvalue weighted by Gasteiger charge is 2.11. The van der Waals surface area contributed by atoms with Gasteiger partial charge in [0.15, 0.2) is 6.10 Å². The fraction of sp³-hybridized carbons (Fsp3) is 0.167. The second-order valence-corrected chi connectivity index (χ2v) is 4.19. The molecule has 0 bridgehead atoms. The van der Waals surface area contributed by atoms with Gasteiger partial charge in [0.2, 0.25) is 0 Å². The van der Waals surface area contributed by atoms with Gasteiger partial charge in [0.05, 0.1) is 0 Å². The Morgan fingerprint density at radius 2 is 2.06 bits per heavy atom. The summed E-state index contributed by atoms with van der Waals surface area (Å²) in [6, 6.07) is 7.42. The number of hydrogen-bond acceptors (Lipinski definition) is 3. The summed E-state index contributed by atoms with van der Waals surface area (Å²) in [5, 5.41) is 0. The Morgan fingerprint density at radius 1 is 1.41 bits per heavy atom. The number of hydrogen-bond donors (Lipinski definition) is 1. The van der Waals surface area contributed by atoms with E-state index >= 15 is 0 Å². The molecule has 0 aliphatic heterocycles. The molecule has 1 amide bonds. The monoisotopic (exact) mass is 297 g/mol. The molecule has 5 heteroatoms. The summed E-state index contributed by atoms with van der Waals surface area (Å²) in [5.41, 5.74) is 5.81. The molecule has 0 aliphatic carbocycles. The zero-order valence-electron chi connectivity index (χ0n) is 9.22. The van der Waals surface area contributed by atoms with Gasteiger partial charge in [-0.1, -0.05) is 34.1 Å². The Bertz CT molecular complexity index is 457. The third-order valence-corrected chi connectivity index (χ3v) is 2.72. The lowest BCUT2D eigenvalue weighted by molar-refractivity contribution is -0.148. The van der Waals surface area contributed by atoms with Crippen LogP contribution >= 0.6 is 15.9 Å². The topological polar surface area (TPSA) is 69.4 Å². The summed E-state index contributed by atoms with van der Waals surface area (Å²) in [6.45, 7) is 1.42. The standard InChI is InChI=1S/C12H12BrNO3/c1-8(12(14)16)17-11(15)7-6-9-4-2-3-5-10(9)13/h2-8H,1H3,(H2,14,16)/b7-6+/t8-/m0/s1. The van der Waals surface area contributed by atoms with Crippen molar-refractivity contribution in [3.05, 3.63) is 40.4 Å². The molecule has 0 spiro atoms. The van der Waals surface area contributed by atoms with E-state index < -0.39 is 18.0 Å². The van der Waals surface area contributed by atoms with Crippen LogP contribution in [0.2, 0.25) is 0 Å². The first-order valence-corrected chi connectivity index (χ1v) is 5.72. The van der Waals surface area contributed by atoms with Gasteiger partial charge in [0.1, 0.15) is 0 Å².